The van der Waals surface area contributed by atoms with Crippen molar-refractivity contribution in [3.63, 3.8) is 0 Å². The fraction of sp³-hybridized carbons (Fsp3) is 1.00. The Morgan fingerprint density at radius 2 is 1.94 bits per heavy atom. The summed E-state index contributed by atoms with van der Waals surface area (Å²) in [6.07, 6.45) is 0. The van der Waals surface area contributed by atoms with Crippen molar-refractivity contribution < 1.29 is 0 Å². The smallest absolute Gasteiger partial charge is 0.0113 e. The molecule has 0 spiro atoms. The Morgan fingerprint density at radius 1 is 1.22 bits per heavy atom. The summed E-state index contributed by atoms with van der Waals surface area (Å²) in [5.74, 6) is 0. The lowest BCUT2D eigenvalue weighted by Crippen LogP contribution is -2.48. The number of piperazine rings is 1. The van der Waals surface area contributed by atoms with E-state index in [1.54, 1.807) is 0 Å². The van der Waals surface area contributed by atoms with Crippen LogP contribution in [0.5, 0.6) is 0 Å². The van der Waals surface area contributed by atoms with Crippen molar-refractivity contribution in [1.29, 1.82) is 0 Å². The van der Waals surface area contributed by atoms with Gasteiger partial charge in [0.25, 0.3) is 0 Å². The highest BCUT2D eigenvalue weighted by Gasteiger charge is 2.13. The molecule has 0 saturated carbocycles. The average Bonchev–Trinajstić information content (AvgIpc) is 2.38. The Kier molecular flexibility index (Phi) is 8.54. The van der Waals surface area contributed by atoms with Gasteiger partial charge in [0.05, 0.1) is 0 Å². The summed E-state index contributed by atoms with van der Waals surface area (Å²) in [6, 6.07) is 0.618. The van der Waals surface area contributed by atoms with Crippen LogP contribution in [0.3, 0.4) is 0 Å². The Labute approximate surface area is 112 Å². The molecule has 0 unspecified atom stereocenters. The third kappa shape index (κ3) is 6.66. The molecule has 0 bridgehead atoms. The fourth-order valence-electron chi connectivity index (χ4n) is 2.28. The number of nitrogens with two attached hydrogens (primary N) is 1. The minimum absolute atomic E-state index is 0.618. The first-order chi connectivity index (χ1) is 8.74. The molecule has 1 saturated heterocycles. The Balaban J connectivity index is 2.15. The van der Waals surface area contributed by atoms with Gasteiger partial charge in [-0.3, -0.25) is 9.80 Å². The number of nitrogens with one attached hydrogen (secondary N) is 2. The van der Waals surface area contributed by atoms with Gasteiger partial charge in [-0.25, -0.2) is 0 Å². The Hall–Kier alpha value is -0.200. The van der Waals surface area contributed by atoms with E-state index in [1.807, 2.05) is 0 Å². The van der Waals surface area contributed by atoms with Crippen LogP contribution in [0.2, 0.25) is 0 Å². The molecule has 1 fully saturated rings. The molecule has 4 N–H and O–H groups in total. The highest BCUT2D eigenvalue weighted by Crippen LogP contribution is 1.99. The van der Waals surface area contributed by atoms with E-state index in [0.29, 0.717) is 6.04 Å². The van der Waals surface area contributed by atoms with Gasteiger partial charge in [0.2, 0.25) is 0 Å². The van der Waals surface area contributed by atoms with E-state index in [9.17, 15) is 0 Å². The fourth-order valence-corrected chi connectivity index (χ4v) is 2.28. The first-order valence-corrected chi connectivity index (χ1v) is 7.32. The lowest BCUT2D eigenvalue weighted by atomic mass is 10.3. The van der Waals surface area contributed by atoms with Crippen LogP contribution in [-0.4, -0.2) is 81.3 Å². The summed E-state index contributed by atoms with van der Waals surface area (Å²) < 4.78 is 0. The number of nitrogens with zero attached hydrogens (tertiary/aromatic N) is 2. The van der Waals surface area contributed by atoms with Gasteiger partial charge in [-0.15, -0.1) is 0 Å². The van der Waals surface area contributed by atoms with Crippen molar-refractivity contribution in [3.05, 3.63) is 0 Å². The molecule has 18 heavy (non-hydrogen) atoms. The van der Waals surface area contributed by atoms with Crippen molar-refractivity contribution in [2.45, 2.75) is 19.9 Å². The van der Waals surface area contributed by atoms with E-state index in [2.05, 4.69) is 34.3 Å². The maximum absolute atomic E-state index is 5.47. The second kappa shape index (κ2) is 9.69. The monoisotopic (exact) mass is 257 g/mol. The van der Waals surface area contributed by atoms with E-state index in [0.717, 1.165) is 39.3 Å². The summed E-state index contributed by atoms with van der Waals surface area (Å²) in [5, 5.41) is 6.76. The van der Waals surface area contributed by atoms with Crippen LogP contribution < -0.4 is 16.4 Å². The van der Waals surface area contributed by atoms with E-state index in [1.165, 1.54) is 26.2 Å². The number of hydrogen-bond acceptors (Lipinski definition) is 5. The normalized spacial score (nSPS) is 17.8. The van der Waals surface area contributed by atoms with Crippen molar-refractivity contribution >= 4 is 0 Å². The molecule has 0 amide bonds. The predicted octanol–water partition coefficient (Wildman–Crippen LogP) is -0.850. The van der Waals surface area contributed by atoms with Crippen LogP contribution in [-0.2, 0) is 0 Å². The van der Waals surface area contributed by atoms with E-state index in [-0.39, 0.29) is 0 Å². The first kappa shape index (κ1) is 15.9. The zero-order valence-electron chi connectivity index (χ0n) is 12.1. The minimum Gasteiger partial charge on any atom is -0.329 e. The topological polar surface area (TPSA) is 56.6 Å². The Bertz CT molecular complexity index is 192. The van der Waals surface area contributed by atoms with Crippen LogP contribution in [0.25, 0.3) is 0 Å². The lowest BCUT2D eigenvalue weighted by Gasteiger charge is -2.32. The largest absolute Gasteiger partial charge is 0.329 e. The zero-order chi connectivity index (χ0) is 13.2. The summed E-state index contributed by atoms with van der Waals surface area (Å²) in [4.78, 5) is 5.10. The molecule has 1 aliphatic heterocycles. The molecular weight excluding hydrogens is 226 g/mol. The molecule has 1 rings (SSSR count). The SMILES string of the molecule is CC(C)N(CCNCCN)CCN1CCNCC1. The van der Waals surface area contributed by atoms with Crippen molar-refractivity contribution in [2.24, 2.45) is 5.73 Å². The van der Waals surface area contributed by atoms with Gasteiger partial charge in [0.1, 0.15) is 0 Å². The van der Waals surface area contributed by atoms with E-state index in [4.69, 9.17) is 5.73 Å². The Morgan fingerprint density at radius 3 is 2.56 bits per heavy atom. The van der Waals surface area contributed by atoms with Crippen molar-refractivity contribution in [1.82, 2.24) is 20.4 Å². The molecular formula is C13H31N5. The van der Waals surface area contributed by atoms with Crippen LogP contribution in [0, 0.1) is 0 Å². The third-order valence-corrected chi connectivity index (χ3v) is 3.54. The van der Waals surface area contributed by atoms with Crippen LogP contribution in [0.4, 0.5) is 0 Å². The lowest BCUT2D eigenvalue weighted by molar-refractivity contribution is 0.166. The van der Waals surface area contributed by atoms with E-state index < -0.39 is 0 Å². The summed E-state index contributed by atoms with van der Waals surface area (Å²) in [7, 11) is 0. The highest BCUT2D eigenvalue weighted by atomic mass is 15.2. The molecule has 1 heterocycles. The second-order valence-electron chi connectivity index (χ2n) is 5.26. The van der Waals surface area contributed by atoms with Crippen LogP contribution >= 0.6 is 0 Å². The quantitative estimate of drug-likeness (QED) is 0.470. The molecule has 0 aromatic carbocycles. The van der Waals surface area contributed by atoms with Gasteiger partial charge in [-0.1, -0.05) is 0 Å². The van der Waals surface area contributed by atoms with Gasteiger partial charge in [-0.2, -0.15) is 0 Å². The van der Waals surface area contributed by atoms with Gasteiger partial charge in [-0.05, 0) is 13.8 Å². The summed E-state index contributed by atoms with van der Waals surface area (Å²) in [6.45, 7) is 15.4. The van der Waals surface area contributed by atoms with Gasteiger partial charge >= 0.3 is 0 Å². The molecule has 0 radical (unpaired) electrons. The van der Waals surface area contributed by atoms with Gasteiger partial charge in [0.15, 0.2) is 0 Å². The molecule has 108 valence electrons. The average molecular weight is 257 g/mol. The molecule has 5 nitrogen and oxygen atoms in total. The van der Waals surface area contributed by atoms with Crippen molar-refractivity contribution in [3.8, 4) is 0 Å². The predicted molar refractivity (Wildman–Crippen MR) is 77.9 cm³/mol. The number of rotatable bonds is 9. The van der Waals surface area contributed by atoms with E-state index >= 15 is 0 Å². The molecule has 0 aliphatic carbocycles. The highest BCUT2D eigenvalue weighted by molar-refractivity contribution is 4.71. The maximum Gasteiger partial charge on any atom is 0.0113 e. The first-order valence-electron chi connectivity index (χ1n) is 7.32. The molecule has 0 aromatic heterocycles. The minimum atomic E-state index is 0.618. The van der Waals surface area contributed by atoms with Crippen LogP contribution in [0.1, 0.15) is 13.8 Å². The van der Waals surface area contributed by atoms with Gasteiger partial charge in [0, 0.05) is 71.5 Å². The standard InChI is InChI=1S/C13H31N5/c1-13(2)18(10-7-15-4-3-14)12-11-17-8-5-16-6-9-17/h13,15-16H,3-12,14H2,1-2H3. The summed E-state index contributed by atoms with van der Waals surface area (Å²) in [5.41, 5.74) is 5.47. The molecule has 0 atom stereocenters. The third-order valence-electron chi connectivity index (χ3n) is 3.54. The second-order valence-corrected chi connectivity index (χ2v) is 5.26. The molecule has 5 heteroatoms. The zero-order valence-corrected chi connectivity index (χ0v) is 12.1. The number of hydrogen-bond donors (Lipinski definition) is 3. The summed E-state index contributed by atoms with van der Waals surface area (Å²) >= 11 is 0. The van der Waals surface area contributed by atoms with Gasteiger partial charge < -0.3 is 16.4 Å². The van der Waals surface area contributed by atoms with Crippen molar-refractivity contribution in [2.75, 3.05) is 65.4 Å². The maximum atomic E-state index is 5.47. The molecule has 1 aliphatic rings. The van der Waals surface area contributed by atoms with Crippen LogP contribution in [0.15, 0.2) is 0 Å². The molecule has 0 aromatic rings.